The van der Waals surface area contributed by atoms with Gasteiger partial charge in [-0.15, -0.1) is 0 Å². The van der Waals surface area contributed by atoms with Crippen molar-refractivity contribution in [2.45, 2.75) is 0 Å². The van der Waals surface area contributed by atoms with Crippen LogP contribution in [0, 0.1) is 0 Å². The zero-order valence-corrected chi connectivity index (χ0v) is 9.35. The predicted molar refractivity (Wildman–Crippen MR) is 68.7 cm³/mol. The maximum atomic E-state index is 10.1. The fourth-order valence-corrected chi connectivity index (χ4v) is 1.33. The summed E-state index contributed by atoms with van der Waals surface area (Å²) in [5, 5.41) is 1.20. The molecule has 0 bridgehead atoms. The average molecular weight is 239 g/mol. The third-order valence-corrected chi connectivity index (χ3v) is 2.15. The molecule has 1 aliphatic rings. The number of carbonyl (C=O) groups excluding carboxylic acids is 2. The smallest absolute Gasteiger partial charge is 0.261 e. The Balaban J connectivity index is 0.000000138. The number of aliphatic imine (C=N–C) groups is 2. The van der Waals surface area contributed by atoms with Crippen molar-refractivity contribution in [3.05, 3.63) is 42.6 Å². The molecule has 0 N–H and O–H groups in total. The fraction of sp³-hybridized carbons (Fsp3) is 0. The second-order valence-electron chi connectivity index (χ2n) is 3.36. The number of hydrogen-bond donors (Lipinski definition) is 0. The molecule has 0 unspecified atom stereocenters. The van der Waals surface area contributed by atoms with Gasteiger partial charge in [0.05, 0.1) is 5.52 Å². The van der Waals surface area contributed by atoms with Gasteiger partial charge in [-0.25, -0.2) is 9.98 Å². The third-order valence-electron chi connectivity index (χ3n) is 2.15. The average Bonchev–Trinajstić information content (AvgIpc) is 2.43. The van der Waals surface area contributed by atoms with Crippen molar-refractivity contribution in [3.8, 4) is 0 Å². The fourth-order valence-electron chi connectivity index (χ4n) is 1.33. The second-order valence-corrected chi connectivity index (χ2v) is 3.36. The molecule has 5 nitrogen and oxygen atoms in total. The first-order chi connectivity index (χ1) is 8.77. The van der Waals surface area contributed by atoms with E-state index in [0.717, 1.165) is 5.52 Å². The van der Waals surface area contributed by atoms with Crippen molar-refractivity contribution in [3.63, 3.8) is 0 Å². The molecule has 2 heterocycles. The summed E-state index contributed by atoms with van der Waals surface area (Å²) in [5.41, 5.74) is 1.06. The maximum absolute atomic E-state index is 10.1. The first-order valence-electron chi connectivity index (χ1n) is 5.22. The van der Waals surface area contributed by atoms with Gasteiger partial charge in [0.1, 0.15) is 0 Å². The molecule has 18 heavy (non-hydrogen) atoms. The molecule has 88 valence electrons. The molecule has 0 spiro atoms. The molecular formula is C13H9N3O2. The van der Waals surface area contributed by atoms with Gasteiger partial charge in [-0.1, -0.05) is 24.3 Å². The number of carbonyl (C=O) groups is 2. The lowest BCUT2D eigenvalue weighted by atomic mass is 10.2. The number of hydrogen-bond acceptors (Lipinski definition) is 3. The number of nitrogens with zero attached hydrogens (tertiary/aromatic N) is 3. The van der Waals surface area contributed by atoms with Crippen molar-refractivity contribution >= 4 is 35.1 Å². The molecule has 0 fully saturated rings. The van der Waals surface area contributed by atoms with Crippen LogP contribution in [0.1, 0.15) is 0 Å². The molecule has 1 aliphatic heterocycles. The van der Waals surface area contributed by atoms with Crippen LogP contribution in [0.3, 0.4) is 0 Å². The summed E-state index contributed by atoms with van der Waals surface area (Å²) >= 11 is 0. The van der Waals surface area contributed by atoms with Crippen molar-refractivity contribution in [2.75, 3.05) is 0 Å². The van der Waals surface area contributed by atoms with E-state index in [0.29, 0.717) is 0 Å². The Bertz CT molecular complexity index is 560. The normalized spacial score (nSPS) is 13.3. The van der Waals surface area contributed by atoms with Gasteiger partial charge in [-0.2, -0.15) is 0 Å². The zero-order chi connectivity index (χ0) is 12.8. The number of pyridine rings is 1. The third kappa shape index (κ3) is 2.91. The van der Waals surface area contributed by atoms with Gasteiger partial charge in [-0.3, -0.25) is 14.6 Å². The van der Waals surface area contributed by atoms with E-state index in [-0.39, 0.29) is 0 Å². The highest BCUT2D eigenvalue weighted by molar-refractivity contribution is 6.44. The predicted octanol–water partition coefficient (Wildman–Crippen LogP) is 1.43. The van der Waals surface area contributed by atoms with Crippen LogP contribution < -0.4 is 0 Å². The van der Waals surface area contributed by atoms with Gasteiger partial charge >= 0.3 is 11.8 Å². The van der Waals surface area contributed by atoms with Crippen LogP contribution in [-0.2, 0) is 9.59 Å². The molecule has 0 atom stereocenters. The Morgan fingerprint density at radius 2 is 1.39 bits per heavy atom. The molecule has 0 radical (unpaired) electrons. The van der Waals surface area contributed by atoms with Crippen LogP contribution in [-0.4, -0.2) is 29.2 Å². The van der Waals surface area contributed by atoms with Crippen LogP contribution in [0.15, 0.2) is 52.6 Å². The molecule has 3 rings (SSSR count). The number of rotatable bonds is 0. The summed E-state index contributed by atoms with van der Waals surface area (Å²) in [5.74, 6) is -1.60. The Kier molecular flexibility index (Phi) is 3.66. The summed E-state index contributed by atoms with van der Waals surface area (Å²) in [4.78, 5) is 30.7. The quantitative estimate of drug-likeness (QED) is 0.653. The van der Waals surface area contributed by atoms with E-state index in [1.807, 2.05) is 30.5 Å². The molecule has 2 aromatic rings. The largest absolute Gasteiger partial charge is 0.337 e. The number of amides is 2. The van der Waals surface area contributed by atoms with Crippen LogP contribution in [0.4, 0.5) is 0 Å². The van der Waals surface area contributed by atoms with Crippen LogP contribution in [0.5, 0.6) is 0 Å². The number of aromatic nitrogens is 1. The Labute approximate surface area is 103 Å². The lowest BCUT2D eigenvalue weighted by molar-refractivity contribution is -0.135. The van der Waals surface area contributed by atoms with E-state index in [4.69, 9.17) is 0 Å². The monoisotopic (exact) mass is 239 g/mol. The molecule has 0 aliphatic carbocycles. The first-order valence-corrected chi connectivity index (χ1v) is 5.22. The van der Waals surface area contributed by atoms with Gasteiger partial charge < -0.3 is 0 Å². The molecule has 1 aromatic heterocycles. The summed E-state index contributed by atoms with van der Waals surface area (Å²) in [7, 11) is 0. The molecule has 2 amide bonds. The van der Waals surface area contributed by atoms with Crippen molar-refractivity contribution < 1.29 is 9.59 Å². The molecular weight excluding hydrogens is 230 g/mol. The molecule has 0 saturated heterocycles. The van der Waals surface area contributed by atoms with E-state index >= 15 is 0 Å². The lowest BCUT2D eigenvalue weighted by Gasteiger charge is -1.91. The highest BCUT2D eigenvalue weighted by Crippen LogP contribution is 2.07. The Morgan fingerprint density at radius 3 is 2.00 bits per heavy atom. The molecule has 1 aromatic carbocycles. The van der Waals surface area contributed by atoms with E-state index < -0.39 is 11.8 Å². The van der Waals surface area contributed by atoms with Crippen LogP contribution in [0.25, 0.3) is 10.9 Å². The molecule has 5 heteroatoms. The van der Waals surface area contributed by atoms with Gasteiger partial charge in [0.15, 0.2) is 0 Å². The van der Waals surface area contributed by atoms with Gasteiger partial charge in [-0.05, 0) is 12.1 Å². The molecule has 0 saturated carbocycles. The van der Waals surface area contributed by atoms with Crippen molar-refractivity contribution in [1.29, 1.82) is 0 Å². The minimum Gasteiger partial charge on any atom is -0.261 e. The highest BCUT2D eigenvalue weighted by atomic mass is 16.2. The number of para-hydroxylation sites is 1. The standard InChI is InChI=1S/C9H7N.C4H2N2O2/c1-2-6-9-8(4-1)5-3-7-10-9;7-3-4(8)6-2-1-5-3/h1-7H;1-2H. The summed E-state index contributed by atoms with van der Waals surface area (Å²) in [6.45, 7) is 0. The van der Waals surface area contributed by atoms with Crippen LogP contribution in [0.2, 0.25) is 0 Å². The van der Waals surface area contributed by atoms with Crippen molar-refractivity contribution in [2.24, 2.45) is 9.98 Å². The Morgan fingerprint density at radius 1 is 0.778 bits per heavy atom. The topological polar surface area (TPSA) is 71.8 Å². The summed E-state index contributed by atoms with van der Waals surface area (Å²) < 4.78 is 0. The minimum atomic E-state index is -0.799. The van der Waals surface area contributed by atoms with Crippen molar-refractivity contribution in [1.82, 2.24) is 4.98 Å². The number of benzene rings is 1. The van der Waals surface area contributed by atoms with Gasteiger partial charge in [0.25, 0.3) is 0 Å². The lowest BCUT2D eigenvalue weighted by Crippen LogP contribution is -2.12. The number of fused-ring (bicyclic) bond motifs is 1. The summed E-state index contributed by atoms with van der Waals surface area (Å²) in [6, 6.07) is 12.1. The van der Waals surface area contributed by atoms with Gasteiger partial charge in [0, 0.05) is 24.0 Å². The maximum Gasteiger partial charge on any atom is 0.337 e. The Hall–Kier alpha value is -2.69. The van der Waals surface area contributed by atoms with Gasteiger partial charge in [0.2, 0.25) is 0 Å². The van der Waals surface area contributed by atoms with E-state index in [9.17, 15) is 9.59 Å². The van der Waals surface area contributed by atoms with Crippen LogP contribution >= 0.6 is 0 Å². The zero-order valence-electron chi connectivity index (χ0n) is 9.35. The minimum absolute atomic E-state index is 0.799. The second kappa shape index (κ2) is 5.58. The first kappa shape index (κ1) is 11.8. The summed E-state index contributed by atoms with van der Waals surface area (Å²) in [6.07, 6.45) is 4.18. The highest BCUT2D eigenvalue weighted by Gasteiger charge is 2.10. The SMILES string of the molecule is O=C1N=CC=NC1=O.c1ccc2ncccc2c1. The van der Waals surface area contributed by atoms with E-state index in [1.54, 1.807) is 0 Å². The van der Waals surface area contributed by atoms with E-state index in [1.165, 1.54) is 17.8 Å². The van der Waals surface area contributed by atoms with E-state index in [2.05, 4.69) is 27.1 Å².